The smallest absolute Gasteiger partial charge is 0.337 e. The predicted molar refractivity (Wildman–Crippen MR) is 84.9 cm³/mol. The van der Waals surface area contributed by atoms with E-state index in [0.29, 0.717) is 17.0 Å². The van der Waals surface area contributed by atoms with Crippen molar-refractivity contribution in [3.63, 3.8) is 0 Å². The molecule has 0 spiro atoms. The number of hydrogen-bond donors (Lipinski definition) is 1. The van der Waals surface area contributed by atoms with Crippen molar-refractivity contribution >= 4 is 28.3 Å². The van der Waals surface area contributed by atoms with Gasteiger partial charge in [0.1, 0.15) is 0 Å². The Hall–Kier alpha value is -3.08. The van der Waals surface area contributed by atoms with E-state index < -0.39 is 5.97 Å². The van der Waals surface area contributed by atoms with Gasteiger partial charge in [0.25, 0.3) is 0 Å². The Morgan fingerprint density at radius 3 is 2.55 bits per heavy atom. The van der Waals surface area contributed by atoms with Gasteiger partial charge >= 0.3 is 5.97 Å². The summed E-state index contributed by atoms with van der Waals surface area (Å²) in [5.41, 5.74) is 9.34. The van der Waals surface area contributed by atoms with Crippen LogP contribution in [0.3, 0.4) is 0 Å². The first-order chi connectivity index (χ1) is 10.6. The molecule has 0 bridgehead atoms. The van der Waals surface area contributed by atoms with E-state index in [2.05, 4.69) is 16.5 Å². The number of methoxy groups -OCH3 is 1. The lowest BCUT2D eigenvalue weighted by Gasteiger charge is -2.06. The highest BCUT2D eigenvalue weighted by molar-refractivity contribution is 6.15. The molecule has 1 aromatic heterocycles. The average Bonchev–Trinajstić information content (AvgIpc) is 2.94. The van der Waals surface area contributed by atoms with Crippen LogP contribution in [0.25, 0.3) is 27.7 Å². The number of anilines is 1. The zero-order valence-electron chi connectivity index (χ0n) is 12.0. The predicted octanol–water partition coefficient (Wildman–Crippen LogP) is 3.26. The first kappa shape index (κ1) is 13.9. The number of benzene rings is 2. The van der Waals surface area contributed by atoms with Crippen LogP contribution < -0.4 is 5.73 Å². The fourth-order valence-electron chi connectivity index (χ4n) is 2.24. The van der Waals surface area contributed by atoms with Crippen LogP contribution in [0.5, 0.6) is 0 Å². The minimum atomic E-state index is -0.439. The van der Waals surface area contributed by atoms with Gasteiger partial charge in [0.2, 0.25) is 0 Å². The number of carbonyl (C=O) groups excluding carboxylic acids is 1. The Morgan fingerprint density at radius 1 is 1.18 bits per heavy atom. The summed E-state index contributed by atoms with van der Waals surface area (Å²) in [5, 5.41) is 4.53. The van der Waals surface area contributed by atoms with Crippen LogP contribution in [-0.4, -0.2) is 18.2 Å². The minimum absolute atomic E-state index is 0.326. The SMILES string of the molecule is C=C(C(=O)OC)c1ccc(-c2ccc3c(N)noc3c2)cc1. The summed E-state index contributed by atoms with van der Waals surface area (Å²) in [6, 6.07) is 13.2. The highest BCUT2D eigenvalue weighted by atomic mass is 16.5. The summed E-state index contributed by atoms with van der Waals surface area (Å²) in [4.78, 5) is 11.5. The number of carbonyl (C=O) groups is 1. The van der Waals surface area contributed by atoms with Gasteiger partial charge in [-0.15, -0.1) is 0 Å². The number of nitrogens with zero attached hydrogens (tertiary/aromatic N) is 1. The molecule has 0 saturated carbocycles. The standard InChI is InChI=1S/C17H14N2O3/c1-10(17(20)21-2)11-3-5-12(6-4-11)13-7-8-14-15(9-13)22-19-16(14)18/h3-9H,1H2,2H3,(H2,18,19). The van der Waals surface area contributed by atoms with Gasteiger partial charge in [0.15, 0.2) is 11.4 Å². The fourth-order valence-corrected chi connectivity index (χ4v) is 2.24. The quantitative estimate of drug-likeness (QED) is 0.592. The number of fused-ring (bicyclic) bond motifs is 1. The van der Waals surface area contributed by atoms with Crippen molar-refractivity contribution in [2.75, 3.05) is 12.8 Å². The Kier molecular flexibility index (Phi) is 3.39. The van der Waals surface area contributed by atoms with Crippen molar-refractivity contribution in [2.24, 2.45) is 0 Å². The Bertz CT molecular complexity index is 863. The minimum Gasteiger partial charge on any atom is -0.465 e. The molecule has 5 nitrogen and oxygen atoms in total. The Morgan fingerprint density at radius 2 is 1.86 bits per heavy atom. The molecule has 1 heterocycles. The zero-order chi connectivity index (χ0) is 15.7. The van der Waals surface area contributed by atoms with Gasteiger partial charge in [0.05, 0.1) is 18.1 Å². The summed E-state index contributed by atoms with van der Waals surface area (Å²) in [7, 11) is 1.33. The molecule has 0 aliphatic heterocycles. The van der Waals surface area contributed by atoms with E-state index in [-0.39, 0.29) is 0 Å². The number of ether oxygens (including phenoxy) is 1. The molecule has 5 heteroatoms. The Labute approximate surface area is 127 Å². The molecule has 3 rings (SSSR count). The van der Waals surface area contributed by atoms with Crippen LogP contribution in [0.4, 0.5) is 5.82 Å². The van der Waals surface area contributed by atoms with Crippen molar-refractivity contribution in [3.8, 4) is 11.1 Å². The Balaban J connectivity index is 1.94. The van der Waals surface area contributed by atoms with Crippen LogP contribution in [0.1, 0.15) is 5.56 Å². The molecule has 0 radical (unpaired) electrons. The van der Waals surface area contributed by atoms with Crippen LogP contribution in [0.2, 0.25) is 0 Å². The van der Waals surface area contributed by atoms with E-state index in [1.165, 1.54) is 7.11 Å². The lowest BCUT2D eigenvalue weighted by molar-refractivity contribution is -0.133. The summed E-state index contributed by atoms with van der Waals surface area (Å²) in [6.07, 6.45) is 0. The van der Waals surface area contributed by atoms with Gasteiger partial charge in [-0.2, -0.15) is 0 Å². The monoisotopic (exact) mass is 294 g/mol. The number of aromatic nitrogens is 1. The fraction of sp³-hybridized carbons (Fsp3) is 0.0588. The van der Waals surface area contributed by atoms with Gasteiger partial charge in [-0.25, -0.2) is 4.79 Å². The molecule has 110 valence electrons. The highest BCUT2D eigenvalue weighted by Gasteiger charge is 2.10. The second kappa shape index (κ2) is 5.37. The molecule has 0 unspecified atom stereocenters. The third-order valence-corrected chi connectivity index (χ3v) is 3.50. The largest absolute Gasteiger partial charge is 0.465 e. The lowest BCUT2D eigenvalue weighted by atomic mass is 10.0. The first-order valence-electron chi connectivity index (χ1n) is 6.63. The number of nitrogens with two attached hydrogens (primary N) is 1. The van der Waals surface area contributed by atoms with E-state index in [1.807, 2.05) is 42.5 Å². The second-order valence-electron chi connectivity index (χ2n) is 4.83. The second-order valence-corrected chi connectivity index (χ2v) is 4.83. The number of rotatable bonds is 3. The summed E-state index contributed by atoms with van der Waals surface area (Å²) >= 11 is 0. The molecule has 3 aromatic rings. The van der Waals surface area contributed by atoms with Crippen molar-refractivity contribution < 1.29 is 14.1 Å². The molecule has 0 aliphatic carbocycles. The maximum atomic E-state index is 11.5. The van der Waals surface area contributed by atoms with Crippen molar-refractivity contribution in [2.45, 2.75) is 0 Å². The van der Waals surface area contributed by atoms with Crippen LogP contribution in [0.15, 0.2) is 53.6 Å². The van der Waals surface area contributed by atoms with Crippen molar-refractivity contribution in [1.29, 1.82) is 0 Å². The van der Waals surface area contributed by atoms with E-state index in [4.69, 9.17) is 10.3 Å². The van der Waals surface area contributed by atoms with E-state index in [0.717, 1.165) is 22.1 Å². The van der Waals surface area contributed by atoms with Gasteiger partial charge < -0.3 is 15.0 Å². The third kappa shape index (κ3) is 2.33. The van der Waals surface area contributed by atoms with Gasteiger partial charge in [-0.3, -0.25) is 0 Å². The topological polar surface area (TPSA) is 78.4 Å². The molecular weight excluding hydrogens is 280 g/mol. The number of nitrogen functional groups attached to an aromatic ring is 1. The summed E-state index contributed by atoms with van der Waals surface area (Å²) in [6.45, 7) is 3.73. The van der Waals surface area contributed by atoms with E-state index in [9.17, 15) is 4.79 Å². The van der Waals surface area contributed by atoms with Crippen LogP contribution in [-0.2, 0) is 9.53 Å². The molecule has 0 amide bonds. The molecule has 2 aromatic carbocycles. The van der Waals surface area contributed by atoms with Crippen LogP contribution in [0, 0.1) is 0 Å². The number of esters is 1. The van der Waals surface area contributed by atoms with Crippen molar-refractivity contribution in [1.82, 2.24) is 5.16 Å². The maximum absolute atomic E-state index is 11.5. The summed E-state index contributed by atoms with van der Waals surface area (Å²) in [5.74, 6) is -0.0578. The zero-order valence-corrected chi connectivity index (χ0v) is 12.0. The van der Waals surface area contributed by atoms with Gasteiger partial charge in [0, 0.05) is 0 Å². The highest BCUT2D eigenvalue weighted by Crippen LogP contribution is 2.28. The van der Waals surface area contributed by atoms with E-state index in [1.54, 1.807) is 0 Å². The first-order valence-corrected chi connectivity index (χ1v) is 6.63. The molecule has 0 saturated heterocycles. The molecule has 2 N–H and O–H groups in total. The molecular formula is C17H14N2O3. The lowest BCUT2D eigenvalue weighted by Crippen LogP contribution is -2.02. The maximum Gasteiger partial charge on any atom is 0.337 e. The van der Waals surface area contributed by atoms with E-state index >= 15 is 0 Å². The molecule has 0 atom stereocenters. The summed E-state index contributed by atoms with van der Waals surface area (Å²) < 4.78 is 9.83. The normalized spacial score (nSPS) is 10.6. The molecule has 0 aliphatic rings. The number of hydrogen-bond acceptors (Lipinski definition) is 5. The van der Waals surface area contributed by atoms with Crippen molar-refractivity contribution in [3.05, 3.63) is 54.6 Å². The molecule has 22 heavy (non-hydrogen) atoms. The molecule has 0 fully saturated rings. The van der Waals surface area contributed by atoms with Gasteiger partial charge in [-0.1, -0.05) is 42.1 Å². The average molecular weight is 294 g/mol. The van der Waals surface area contributed by atoms with Gasteiger partial charge in [-0.05, 0) is 28.8 Å². The third-order valence-electron chi connectivity index (χ3n) is 3.50. The van der Waals surface area contributed by atoms with Crippen LogP contribution >= 0.6 is 0 Å².